The average Bonchev–Trinajstić information content (AvgIpc) is 3.42. The molecular formula is C25H26ClF3N4O3. The van der Waals surface area contributed by atoms with Crippen molar-refractivity contribution >= 4 is 22.8 Å². The van der Waals surface area contributed by atoms with Gasteiger partial charge in [0.05, 0.1) is 10.6 Å². The van der Waals surface area contributed by atoms with Crippen LogP contribution >= 0.6 is 11.6 Å². The van der Waals surface area contributed by atoms with Gasteiger partial charge in [0.25, 0.3) is 5.56 Å². The number of nitrogens with one attached hydrogen (secondary N) is 1. The van der Waals surface area contributed by atoms with Crippen molar-refractivity contribution in [2.24, 2.45) is 5.92 Å². The molecule has 0 amide bonds. The third-order valence-corrected chi connectivity index (χ3v) is 6.26. The summed E-state index contributed by atoms with van der Waals surface area (Å²) < 4.78 is 49.1. The zero-order chi connectivity index (χ0) is 26.2. The molecule has 0 fully saturated rings. The first-order chi connectivity index (χ1) is 17.0. The smallest absolute Gasteiger partial charge is 0.417 e. The number of hydrogen-bond acceptors (Lipinski definition) is 4. The van der Waals surface area contributed by atoms with E-state index in [2.05, 4.69) is 9.97 Å². The van der Waals surface area contributed by atoms with Gasteiger partial charge in [-0.05, 0) is 49.1 Å². The summed E-state index contributed by atoms with van der Waals surface area (Å²) in [6, 6.07) is 6.67. The van der Waals surface area contributed by atoms with Crippen molar-refractivity contribution in [2.75, 3.05) is 0 Å². The van der Waals surface area contributed by atoms with Crippen LogP contribution in [0.15, 0.2) is 44.3 Å². The van der Waals surface area contributed by atoms with Crippen LogP contribution in [-0.2, 0) is 19.3 Å². The fraction of sp³-hybridized carbons (Fsp3) is 0.400. The molecule has 4 aromatic rings. The van der Waals surface area contributed by atoms with Crippen LogP contribution in [0.3, 0.4) is 0 Å². The third-order valence-electron chi connectivity index (χ3n) is 5.93. The van der Waals surface area contributed by atoms with Gasteiger partial charge in [0.15, 0.2) is 22.7 Å². The number of unbranched alkanes of at least 4 members (excludes halogenated alkanes) is 1. The summed E-state index contributed by atoms with van der Waals surface area (Å²) in [7, 11) is 0. The molecule has 0 unspecified atom stereocenters. The number of rotatable bonds is 8. The van der Waals surface area contributed by atoms with Crippen molar-refractivity contribution in [1.82, 2.24) is 19.1 Å². The highest BCUT2D eigenvalue weighted by atomic mass is 35.5. The molecule has 4 rings (SSSR count). The molecule has 0 aliphatic rings. The second-order valence-electron chi connectivity index (χ2n) is 9.06. The molecule has 0 spiro atoms. The Morgan fingerprint density at radius 3 is 2.47 bits per heavy atom. The van der Waals surface area contributed by atoms with E-state index in [9.17, 15) is 22.8 Å². The summed E-state index contributed by atoms with van der Waals surface area (Å²) >= 11 is 5.75. The molecule has 1 N–H and O–H groups in total. The lowest BCUT2D eigenvalue weighted by atomic mass is 10.1. The van der Waals surface area contributed by atoms with Gasteiger partial charge >= 0.3 is 11.9 Å². The van der Waals surface area contributed by atoms with Gasteiger partial charge in [-0.15, -0.1) is 0 Å². The minimum absolute atomic E-state index is 0.187. The Morgan fingerprint density at radius 1 is 1.08 bits per heavy atom. The number of benzene rings is 1. The van der Waals surface area contributed by atoms with E-state index in [4.69, 9.17) is 16.0 Å². The summed E-state index contributed by atoms with van der Waals surface area (Å²) in [6.07, 6.45) is -2.32. The first-order valence-electron chi connectivity index (χ1n) is 11.7. The Morgan fingerprint density at radius 2 is 1.81 bits per heavy atom. The number of furan rings is 1. The Labute approximate surface area is 209 Å². The van der Waals surface area contributed by atoms with Crippen molar-refractivity contribution in [1.29, 1.82) is 0 Å². The third kappa shape index (κ3) is 5.00. The molecule has 0 saturated carbocycles. The number of halogens is 4. The number of alkyl halides is 3. The van der Waals surface area contributed by atoms with Crippen LogP contribution in [0.5, 0.6) is 0 Å². The van der Waals surface area contributed by atoms with Gasteiger partial charge in [0.1, 0.15) is 5.76 Å². The molecule has 36 heavy (non-hydrogen) atoms. The average molecular weight is 523 g/mol. The minimum atomic E-state index is -4.61. The predicted molar refractivity (Wildman–Crippen MR) is 132 cm³/mol. The fourth-order valence-corrected chi connectivity index (χ4v) is 4.22. The number of aryl methyl sites for hydroxylation is 2. The Balaban J connectivity index is 1.88. The summed E-state index contributed by atoms with van der Waals surface area (Å²) in [4.78, 5) is 32.4. The first kappa shape index (κ1) is 25.8. The van der Waals surface area contributed by atoms with Crippen molar-refractivity contribution in [3.8, 4) is 22.9 Å². The van der Waals surface area contributed by atoms with Crippen LogP contribution in [0.4, 0.5) is 13.2 Å². The molecule has 0 aliphatic carbocycles. The highest BCUT2D eigenvalue weighted by Gasteiger charge is 2.33. The maximum absolute atomic E-state index is 13.3. The molecule has 11 heteroatoms. The number of aromatic nitrogens is 4. The van der Waals surface area contributed by atoms with E-state index < -0.39 is 28.0 Å². The van der Waals surface area contributed by atoms with E-state index in [-0.39, 0.29) is 28.2 Å². The number of aromatic amines is 1. The molecule has 0 radical (unpaired) electrons. The number of hydrogen-bond donors (Lipinski definition) is 1. The summed E-state index contributed by atoms with van der Waals surface area (Å²) in [5.41, 5.74) is -1.35. The van der Waals surface area contributed by atoms with Crippen LogP contribution in [0.2, 0.25) is 5.02 Å². The quantitative estimate of drug-likeness (QED) is 0.293. The van der Waals surface area contributed by atoms with E-state index in [1.807, 2.05) is 20.8 Å². The van der Waals surface area contributed by atoms with E-state index in [0.717, 1.165) is 25.3 Å². The topological polar surface area (TPSA) is 85.8 Å². The van der Waals surface area contributed by atoms with Crippen LogP contribution in [0.1, 0.15) is 45.6 Å². The van der Waals surface area contributed by atoms with Gasteiger partial charge in [-0.3, -0.25) is 14.3 Å². The van der Waals surface area contributed by atoms with Crippen molar-refractivity contribution in [3.63, 3.8) is 0 Å². The maximum atomic E-state index is 13.3. The fourth-order valence-electron chi connectivity index (χ4n) is 4.00. The van der Waals surface area contributed by atoms with E-state index in [0.29, 0.717) is 24.8 Å². The highest BCUT2D eigenvalue weighted by molar-refractivity contribution is 6.31. The Kier molecular flexibility index (Phi) is 7.17. The number of nitrogens with zero attached hydrogens (tertiary/aromatic N) is 3. The molecule has 3 heterocycles. The minimum Gasteiger partial charge on any atom is -0.453 e. The summed E-state index contributed by atoms with van der Waals surface area (Å²) in [5.74, 6) is 1.10. The molecule has 0 saturated heterocycles. The standard InChI is InChI=1S/C25H26ClF3N4O3/c1-4-5-11-33-22-20(23(34)31-24(33)35)32(12-10-14(2)3)21(30-22)19-9-8-18(36-19)15-6-7-17(26)16(13-15)25(27,28)29/h6-9,13-14H,4-5,10-12H2,1-3H3,(H,31,34,35). The second-order valence-corrected chi connectivity index (χ2v) is 9.47. The molecule has 0 atom stereocenters. The van der Waals surface area contributed by atoms with Crippen LogP contribution in [0, 0.1) is 5.92 Å². The van der Waals surface area contributed by atoms with E-state index >= 15 is 0 Å². The highest BCUT2D eigenvalue weighted by Crippen LogP contribution is 2.38. The maximum Gasteiger partial charge on any atom is 0.417 e. The Hall–Kier alpha value is -3.27. The largest absolute Gasteiger partial charge is 0.453 e. The van der Waals surface area contributed by atoms with Gasteiger partial charge in [0, 0.05) is 18.7 Å². The van der Waals surface area contributed by atoms with Crippen molar-refractivity contribution in [3.05, 3.63) is 61.8 Å². The van der Waals surface area contributed by atoms with Crippen molar-refractivity contribution in [2.45, 2.75) is 59.3 Å². The summed E-state index contributed by atoms with van der Waals surface area (Å²) in [5, 5.41) is -0.405. The molecule has 7 nitrogen and oxygen atoms in total. The monoisotopic (exact) mass is 522 g/mol. The first-order valence-corrected chi connectivity index (χ1v) is 12.1. The van der Waals surface area contributed by atoms with Gasteiger partial charge in [-0.1, -0.05) is 38.8 Å². The number of H-pyrrole nitrogens is 1. The van der Waals surface area contributed by atoms with Gasteiger partial charge in [-0.2, -0.15) is 13.2 Å². The molecule has 0 aliphatic heterocycles. The molecule has 3 aromatic heterocycles. The van der Waals surface area contributed by atoms with Crippen molar-refractivity contribution < 1.29 is 17.6 Å². The zero-order valence-corrected chi connectivity index (χ0v) is 20.8. The van der Waals surface area contributed by atoms with E-state index in [1.54, 1.807) is 16.7 Å². The Bertz CT molecular complexity index is 1510. The van der Waals surface area contributed by atoms with Crippen LogP contribution < -0.4 is 11.2 Å². The molecular weight excluding hydrogens is 497 g/mol. The van der Waals surface area contributed by atoms with Crippen LogP contribution in [-0.4, -0.2) is 19.1 Å². The number of fused-ring (bicyclic) bond motifs is 1. The predicted octanol–water partition coefficient (Wildman–Crippen LogP) is 6.33. The molecule has 192 valence electrons. The van der Waals surface area contributed by atoms with Gasteiger partial charge in [0.2, 0.25) is 0 Å². The molecule has 1 aromatic carbocycles. The lowest BCUT2D eigenvalue weighted by Crippen LogP contribution is -2.31. The lowest BCUT2D eigenvalue weighted by Gasteiger charge is -2.10. The van der Waals surface area contributed by atoms with Gasteiger partial charge < -0.3 is 8.98 Å². The zero-order valence-electron chi connectivity index (χ0n) is 20.1. The number of imidazole rings is 1. The second kappa shape index (κ2) is 10.0. The lowest BCUT2D eigenvalue weighted by molar-refractivity contribution is -0.137. The molecule has 0 bridgehead atoms. The SMILES string of the molecule is CCCCn1c(=O)[nH]c(=O)c2c1nc(-c1ccc(-c3ccc(Cl)c(C(F)(F)F)c3)o1)n2CCC(C)C. The van der Waals surface area contributed by atoms with Gasteiger partial charge in [-0.25, -0.2) is 9.78 Å². The normalized spacial score (nSPS) is 12.2. The van der Waals surface area contributed by atoms with Crippen LogP contribution in [0.25, 0.3) is 34.1 Å². The summed E-state index contributed by atoms with van der Waals surface area (Å²) in [6.45, 7) is 6.91. The van der Waals surface area contributed by atoms with E-state index in [1.165, 1.54) is 16.7 Å².